The Labute approximate surface area is 177 Å². The number of hydrogen-bond donors (Lipinski definition) is 1. The van der Waals surface area contributed by atoms with Crippen LogP contribution in [0.2, 0.25) is 5.02 Å². The van der Waals surface area contributed by atoms with Crippen molar-refractivity contribution in [2.24, 2.45) is 0 Å². The van der Waals surface area contributed by atoms with E-state index in [1.807, 2.05) is 26.0 Å². The van der Waals surface area contributed by atoms with Gasteiger partial charge in [-0.15, -0.1) is 10.2 Å². The number of fused-ring (bicyclic) bond motifs is 1. The summed E-state index contributed by atoms with van der Waals surface area (Å²) in [6.45, 7) is 4.13. The van der Waals surface area contributed by atoms with E-state index in [1.54, 1.807) is 28.8 Å². The van der Waals surface area contributed by atoms with Gasteiger partial charge in [-0.3, -0.25) is 9.20 Å². The van der Waals surface area contributed by atoms with Gasteiger partial charge in [0.05, 0.1) is 24.8 Å². The fraction of sp³-hybridized carbons (Fsp3) is 0.250. The molecule has 3 heterocycles. The van der Waals surface area contributed by atoms with Crippen molar-refractivity contribution in [1.29, 1.82) is 0 Å². The molecule has 4 aromatic rings. The van der Waals surface area contributed by atoms with Crippen LogP contribution in [0.3, 0.4) is 0 Å². The molecule has 9 nitrogen and oxygen atoms in total. The number of carbonyl (C=O) groups excluding carboxylic acids is 1. The lowest BCUT2D eigenvalue weighted by molar-refractivity contribution is 0.0946. The van der Waals surface area contributed by atoms with Crippen molar-refractivity contribution >= 4 is 23.2 Å². The van der Waals surface area contributed by atoms with Crippen molar-refractivity contribution in [3.8, 4) is 17.2 Å². The van der Waals surface area contributed by atoms with E-state index in [4.69, 9.17) is 20.9 Å². The summed E-state index contributed by atoms with van der Waals surface area (Å²) >= 11 is 6.01. The Morgan fingerprint density at radius 1 is 1.30 bits per heavy atom. The lowest BCUT2D eigenvalue weighted by Gasteiger charge is -2.09. The Morgan fingerprint density at radius 2 is 2.13 bits per heavy atom. The quantitative estimate of drug-likeness (QED) is 0.502. The topological polar surface area (TPSA) is 107 Å². The molecular formula is C20H19ClN6O3. The van der Waals surface area contributed by atoms with E-state index in [0.717, 1.165) is 0 Å². The molecule has 0 saturated carbocycles. The second-order valence-electron chi connectivity index (χ2n) is 6.87. The SMILES string of the molecule is COc1ccc(Cl)cc1C(=O)NCc1nnc2c(-c3nc(C(C)C)no3)cccn12. The summed E-state index contributed by atoms with van der Waals surface area (Å²) in [5.74, 6) is 1.79. The monoisotopic (exact) mass is 426 g/mol. The van der Waals surface area contributed by atoms with Crippen LogP contribution < -0.4 is 10.1 Å². The predicted molar refractivity (Wildman–Crippen MR) is 110 cm³/mol. The van der Waals surface area contributed by atoms with Gasteiger partial charge in [0, 0.05) is 17.1 Å². The minimum atomic E-state index is -0.333. The van der Waals surface area contributed by atoms with Crippen LogP contribution in [-0.4, -0.2) is 37.8 Å². The van der Waals surface area contributed by atoms with Gasteiger partial charge < -0.3 is 14.6 Å². The van der Waals surface area contributed by atoms with Crippen LogP contribution in [-0.2, 0) is 6.54 Å². The standard InChI is InChI=1S/C20H19ClN6O3/c1-11(2)17-23-20(30-26-17)13-5-4-8-27-16(24-25-18(13)27)10-22-19(28)14-9-12(21)6-7-15(14)29-3/h4-9,11H,10H2,1-3H3,(H,22,28). The highest BCUT2D eigenvalue weighted by atomic mass is 35.5. The molecule has 0 spiro atoms. The highest BCUT2D eigenvalue weighted by Crippen LogP contribution is 2.25. The minimum Gasteiger partial charge on any atom is -0.496 e. The van der Waals surface area contributed by atoms with E-state index < -0.39 is 0 Å². The Balaban J connectivity index is 1.59. The smallest absolute Gasteiger partial charge is 0.261 e. The van der Waals surface area contributed by atoms with Crippen LogP contribution in [0.4, 0.5) is 0 Å². The zero-order chi connectivity index (χ0) is 21.3. The fourth-order valence-corrected chi connectivity index (χ4v) is 3.11. The maximum absolute atomic E-state index is 12.6. The van der Waals surface area contributed by atoms with Crippen molar-refractivity contribution < 1.29 is 14.1 Å². The van der Waals surface area contributed by atoms with Crippen LogP contribution >= 0.6 is 11.6 Å². The van der Waals surface area contributed by atoms with E-state index in [0.29, 0.717) is 45.1 Å². The second kappa shape index (κ2) is 8.11. The maximum atomic E-state index is 12.6. The molecule has 0 radical (unpaired) electrons. The van der Waals surface area contributed by atoms with Crippen LogP contribution in [0.15, 0.2) is 41.1 Å². The number of rotatable bonds is 6. The summed E-state index contributed by atoms with van der Waals surface area (Å²) in [7, 11) is 1.50. The first kappa shape index (κ1) is 19.8. The van der Waals surface area contributed by atoms with Gasteiger partial charge in [-0.05, 0) is 30.3 Å². The number of ether oxygens (including phenoxy) is 1. The number of nitrogens with one attached hydrogen (secondary N) is 1. The average molecular weight is 427 g/mol. The van der Waals surface area contributed by atoms with Gasteiger partial charge in [-0.25, -0.2) is 0 Å². The Bertz CT molecular complexity index is 1220. The fourth-order valence-electron chi connectivity index (χ4n) is 2.94. The molecule has 1 amide bonds. The molecule has 0 bridgehead atoms. The van der Waals surface area contributed by atoms with Crippen LogP contribution in [0.25, 0.3) is 17.1 Å². The van der Waals surface area contributed by atoms with Gasteiger partial charge in [-0.2, -0.15) is 4.98 Å². The summed E-state index contributed by atoms with van der Waals surface area (Å²) in [5, 5.41) is 15.7. The average Bonchev–Trinajstić information content (AvgIpc) is 3.39. The summed E-state index contributed by atoms with van der Waals surface area (Å²) in [5.41, 5.74) is 1.56. The van der Waals surface area contributed by atoms with Crippen molar-refractivity contribution in [2.45, 2.75) is 26.3 Å². The number of hydrogen-bond acceptors (Lipinski definition) is 7. The Kier molecular flexibility index (Phi) is 5.37. The largest absolute Gasteiger partial charge is 0.496 e. The van der Waals surface area contributed by atoms with Crippen LogP contribution in [0, 0.1) is 0 Å². The third kappa shape index (κ3) is 3.71. The molecule has 4 rings (SSSR count). The van der Waals surface area contributed by atoms with Gasteiger partial charge in [-0.1, -0.05) is 30.6 Å². The van der Waals surface area contributed by atoms with Gasteiger partial charge in [0.25, 0.3) is 11.8 Å². The van der Waals surface area contributed by atoms with Gasteiger partial charge >= 0.3 is 0 Å². The molecule has 10 heteroatoms. The number of amides is 1. The molecule has 0 saturated heterocycles. The molecule has 0 aliphatic heterocycles. The van der Waals surface area contributed by atoms with E-state index in [9.17, 15) is 4.79 Å². The number of nitrogens with zero attached hydrogens (tertiary/aromatic N) is 5. The summed E-state index contributed by atoms with van der Waals surface area (Å²) in [6, 6.07) is 8.52. The van der Waals surface area contributed by atoms with Crippen molar-refractivity contribution in [2.75, 3.05) is 7.11 Å². The lowest BCUT2D eigenvalue weighted by Crippen LogP contribution is -2.24. The van der Waals surface area contributed by atoms with E-state index in [2.05, 4.69) is 25.7 Å². The van der Waals surface area contributed by atoms with E-state index in [-0.39, 0.29) is 18.4 Å². The first-order chi connectivity index (χ1) is 14.5. The van der Waals surface area contributed by atoms with E-state index in [1.165, 1.54) is 7.11 Å². The summed E-state index contributed by atoms with van der Waals surface area (Å²) in [4.78, 5) is 17.0. The summed E-state index contributed by atoms with van der Waals surface area (Å²) < 4.78 is 12.4. The van der Waals surface area contributed by atoms with E-state index >= 15 is 0 Å². The molecule has 0 fully saturated rings. The van der Waals surface area contributed by atoms with Crippen LogP contribution in [0.1, 0.15) is 41.8 Å². The molecule has 0 aliphatic carbocycles. The third-order valence-electron chi connectivity index (χ3n) is 4.51. The van der Waals surface area contributed by atoms with Crippen molar-refractivity contribution in [3.63, 3.8) is 0 Å². The first-order valence-corrected chi connectivity index (χ1v) is 9.64. The third-order valence-corrected chi connectivity index (χ3v) is 4.74. The number of pyridine rings is 1. The van der Waals surface area contributed by atoms with Crippen molar-refractivity contribution in [1.82, 2.24) is 30.1 Å². The molecule has 0 atom stereocenters. The molecule has 1 N–H and O–H groups in total. The number of carbonyl (C=O) groups is 1. The molecule has 1 aromatic carbocycles. The first-order valence-electron chi connectivity index (χ1n) is 9.26. The predicted octanol–water partition coefficient (Wildman–Crippen LogP) is 3.49. The number of benzene rings is 1. The summed E-state index contributed by atoms with van der Waals surface area (Å²) in [6.07, 6.45) is 1.81. The highest BCUT2D eigenvalue weighted by Gasteiger charge is 2.18. The Hall–Kier alpha value is -3.46. The number of halogens is 1. The Morgan fingerprint density at radius 3 is 2.87 bits per heavy atom. The zero-order valence-electron chi connectivity index (χ0n) is 16.6. The molecule has 30 heavy (non-hydrogen) atoms. The van der Waals surface area contributed by atoms with Gasteiger partial charge in [0.1, 0.15) is 5.75 Å². The van der Waals surface area contributed by atoms with Crippen molar-refractivity contribution in [3.05, 3.63) is 58.8 Å². The maximum Gasteiger partial charge on any atom is 0.261 e. The lowest BCUT2D eigenvalue weighted by atomic mass is 10.2. The normalized spacial score (nSPS) is 11.2. The number of methoxy groups -OCH3 is 1. The highest BCUT2D eigenvalue weighted by molar-refractivity contribution is 6.31. The molecule has 0 unspecified atom stereocenters. The second-order valence-corrected chi connectivity index (χ2v) is 7.31. The molecular weight excluding hydrogens is 408 g/mol. The molecule has 3 aromatic heterocycles. The van der Waals surface area contributed by atoms with Gasteiger partial charge in [0.2, 0.25) is 0 Å². The number of aromatic nitrogens is 5. The van der Waals surface area contributed by atoms with Gasteiger partial charge in [0.15, 0.2) is 17.3 Å². The minimum absolute atomic E-state index is 0.148. The zero-order valence-corrected chi connectivity index (χ0v) is 17.3. The molecule has 154 valence electrons. The van der Waals surface area contributed by atoms with Crippen LogP contribution in [0.5, 0.6) is 5.75 Å². The molecule has 0 aliphatic rings.